The van der Waals surface area contributed by atoms with Crippen LogP contribution < -0.4 is 23.7 Å². The van der Waals surface area contributed by atoms with Crippen LogP contribution in [0.5, 0.6) is 28.7 Å². The highest BCUT2D eigenvalue weighted by Gasteiger charge is 2.45. The molecule has 0 saturated carbocycles. The lowest BCUT2D eigenvalue weighted by molar-refractivity contribution is 0.104. The van der Waals surface area contributed by atoms with Gasteiger partial charge in [0, 0.05) is 22.4 Å². The zero-order chi connectivity index (χ0) is 37.3. The van der Waals surface area contributed by atoms with Crippen LogP contribution in [0.3, 0.4) is 0 Å². The Morgan fingerprint density at radius 2 is 0.818 bits per heavy atom. The largest absolute Gasteiger partial charge is 0.488 e. The SMILES string of the molecule is S=C1CC(c2ccccc2)(c2ccc(OCc3ccccc3)c(OCc3ccccc3)c2)Oc2c(OCc3ccccc3)ccc(OCc3ccccc3)c21. The molecule has 5 nitrogen and oxygen atoms in total. The number of fused-ring (bicyclic) bond motifs is 1. The lowest BCUT2D eigenvalue weighted by atomic mass is 9.79. The molecule has 7 aromatic carbocycles. The van der Waals surface area contributed by atoms with Crippen molar-refractivity contribution in [1.29, 1.82) is 0 Å². The second kappa shape index (κ2) is 16.8. The van der Waals surface area contributed by atoms with Gasteiger partial charge in [0.1, 0.15) is 32.2 Å². The van der Waals surface area contributed by atoms with E-state index in [0.717, 1.165) is 38.9 Å². The summed E-state index contributed by atoms with van der Waals surface area (Å²) < 4.78 is 33.4. The molecular weight excluding hydrogens is 701 g/mol. The van der Waals surface area contributed by atoms with Crippen LogP contribution in [0.2, 0.25) is 0 Å². The summed E-state index contributed by atoms with van der Waals surface area (Å²) >= 11 is 6.36. The minimum atomic E-state index is -1.03. The minimum absolute atomic E-state index is 0.358. The molecular formula is C49H40O5S. The number of ether oxygens (including phenoxy) is 5. The summed E-state index contributed by atoms with van der Waals surface area (Å²) in [5, 5.41) is 0. The molecule has 0 aliphatic carbocycles. The molecule has 1 unspecified atom stereocenters. The van der Waals surface area contributed by atoms with Crippen molar-refractivity contribution >= 4 is 17.1 Å². The van der Waals surface area contributed by atoms with E-state index in [-0.39, 0.29) is 0 Å². The second-order valence-corrected chi connectivity index (χ2v) is 13.9. The predicted molar refractivity (Wildman–Crippen MR) is 220 cm³/mol. The highest BCUT2D eigenvalue weighted by Crippen LogP contribution is 2.52. The molecule has 0 fully saturated rings. The van der Waals surface area contributed by atoms with E-state index in [9.17, 15) is 0 Å². The van der Waals surface area contributed by atoms with Crippen LogP contribution in [0.1, 0.15) is 45.4 Å². The molecule has 1 aliphatic heterocycles. The Morgan fingerprint density at radius 3 is 1.33 bits per heavy atom. The van der Waals surface area contributed by atoms with Crippen LogP contribution in [-0.2, 0) is 32.0 Å². The Balaban J connectivity index is 1.21. The molecule has 0 bridgehead atoms. The fourth-order valence-electron chi connectivity index (χ4n) is 6.80. The van der Waals surface area contributed by atoms with Gasteiger partial charge in [0.25, 0.3) is 0 Å². The Hall–Kier alpha value is -6.37. The molecule has 1 atom stereocenters. The Kier molecular flexibility index (Phi) is 10.9. The van der Waals surface area contributed by atoms with Crippen molar-refractivity contribution in [3.05, 3.63) is 221 Å². The van der Waals surface area contributed by atoms with Crippen molar-refractivity contribution in [2.45, 2.75) is 38.4 Å². The minimum Gasteiger partial charge on any atom is -0.488 e. The first-order chi connectivity index (χ1) is 27.1. The van der Waals surface area contributed by atoms with E-state index in [0.29, 0.717) is 66.5 Å². The molecule has 55 heavy (non-hydrogen) atoms. The Morgan fingerprint density at radius 1 is 0.418 bits per heavy atom. The molecule has 0 radical (unpaired) electrons. The highest BCUT2D eigenvalue weighted by molar-refractivity contribution is 7.80. The topological polar surface area (TPSA) is 46.2 Å². The summed E-state index contributed by atoms with van der Waals surface area (Å²) in [6.07, 6.45) is 0.380. The van der Waals surface area contributed by atoms with Gasteiger partial charge < -0.3 is 23.7 Å². The normalized spacial score (nSPS) is 14.7. The molecule has 7 aromatic rings. The third-order valence-electron chi connectivity index (χ3n) is 9.65. The van der Waals surface area contributed by atoms with Crippen LogP contribution in [-0.4, -0.2) is 4.86 Å². The molecule has 1 aliphatic rings. The Bertz CT molecular complexity index is 2330. The van der Waals surface area contributed by atoms with Gasteiger partial charge in [-0.1, -0.05) is 170 Å². The summed E-state index contributed by atoms with van der Waals surface area (Å²) in [4.78, 5) is 0.703. The van der Waals surface area contributed by atoms with Gasteiger partial charge in [-0.3, -0.25) is 0 Å². The van der Waals surface area contributed by atoms with E-state index in [1.165, 1.54) is 0 Å². The molecule has 8 rings (SSSR count). The van der Waals surface area contributed by atoms with Crippen molar-refractivity contribution in [2.24, 2.45) is 0 Å². The second-order valence-electron chi connectivity index (χ2n) is 13.4. The maximum absolute atomic E-state index is 7.37. The Labute approximate surface area is 327 Å². The summed E-state index contributed by atoms with van der Waals surface area (Å²) in [7, 11) is 0. The van der Waals surface area contributed by atoms with E-state index in [1.807, 2.05) is 164 Å². The maximum Gasteiger partial charge on any atom is 0.175 e. The van der Waals surface area contributed by atoms with Crippen LogP contribution in [0.25, 0.3) is 0 Å². The lowest BCUT2D eigenvalue weighted by Gasteiger charge is -2.41. The van der Waals surface area contributed by atoms with E-state index in [4.69, 9.17) is 35.9 Å². The molecule has 0 saturated heterocycles. The maximum atomic E-state index is 7.37. The van der Waals surface area contributed by atoms with Gasteiger partial charge in [0.2, 0.25) is 0 Å². The highest BCUT2D eigenvalue weighted by atomic mass is 32.1. The lowest BCUT2D eigenvalue weighted by Crippen LogP contribution is -2.40. The third-order valence-corrected chi connectivity index (χ3v) is 10.00. The number of benzene rings is 7. The molecule has 0 aromatic heterocycles. The fraction of sp³-hybridized carbons (Fsp3) is 0.122. The van der Waals surface area contributed by atoms with Crippen molar-refractivity contribution in [3.63, 3.8) is 0 Å². The van der Waals surface area contributed by atoms with Crippen molar-refractivity contribution in [2.75, 3.05) is 0 Å². The fourth-order valence-corrected chi connectivity index (χ4v) is 7.19. The van der Waals surface area contributed by atoms with Crippen molar-refractivity contribution < 1.29 is 23.7 Å². The van der Waals surface area contributed by atoms with Gasteiger partial charge in [-0.05, 0) is 46.5 Å². The van der Waals surface area contributed by atoms with Crippen molar-refractivity contribution in [3.8, 4) is 28.7 Å². The quantitative estimate of drug-likeness (QED) is 0.103. The molecule has 6 heteroatoms. The molecule has 0 N–H and O–H groups in total. The average molecular weight is 741 g/mol. The van der Waals surface area contributed by atoms with Crippen molar-refractivity contribution in [1.82, 2.24) is 0 Å². The van der Waals surface area contributed by atoms with Gasteiger partial charge >= 0.3 is 0 Å². The van der Waals surface area contributed by atoms with Crippen LogP contribution in [0.4, 0.5) is 0 Å². The third kappa shape index (κ3) is 8.25. The first-order valence-corrected chi connectivity index (χ1v) is 18.8. The van der Waals surface area contributed by atoms with Crippen LogP contribution in [0, 0.1) is 0 Å². The zero-order valence-electron chi connectivity index (χ0n) is 30.3. The van der Waals surface area contributed by atoms with E-state index in [1.54, 1.807) is 0 Å². The van der Waals surface area contributed by atoms with Gasteiger partial charge in [-0.25, -0.2) is 0 Å². The van der Waals surface area contributed by atoms with E-state index < -0.39 is 5.60 Å². The number of hydrogen-bond donors (Lipinski definition) is 0. The van der Waals surface area contributed by atoms with Gasteiger partial charge in [-0.2, -0.15) is 0 Å². The first-order valence-electron chi connectivity index (χ1n) is 18.4. The van der Waals surface area contributed by atoms with E-state index in [2.05, 4.69) is 18.2 Å². The summed E-state index contributed by atoms with van der Waals surface area (Å²) in [5.41, 5.74) is 5.72. The summed E-state index contributed by atoms with van der Waals surface area (Å²) in [5.74, 6) is 3.01. The monoisotopic (exact) mass is 740 g/mol. The summed E-state index contributed by atoms with van der Waals surface area (Å²) in [6, 6.07) is 60.5. The molecule has 0 spiro atoms. The average Bonchev–Trinajstić information content (AvgIpc) is 3.25. The zero-order valence-corrected chi connectivity index (χ0v) is 31.1. The van der Waals surface area contributed by atoms with Gasteiger partial charge in [-0.15, -0.1) is 0 Å². The molecule has 0 amide bonds. The van der Waals surface area contributed by atoms with Gasteiger partial charge in [0.15, 0.2) is 28.6 Å². The van der Waals surface area contributed by atoms with E-state index >= 15 is 0 Å². The summed E-state index contributed by atoms with van der Waals surface area (Å²) in [6.45, 7) is 1.51. The molecule has 1 heterocycles. The standard InChI is InChI=1S/C49H40O5S/c55-46-31-49(40-24-14-5-15-25-40,41-26-27-42(50-32-36-16-6-1-7-17-36)45(30-41)53-35-39-22-12-4-13-23-39)54-48-44(52-34-38-20-10-3-11-21-38)29-28-43(47(46)48)51-33-37-18-8-2-9-19-37/h1-30H,31-35H2. The number of hydrogen-bond acceptors (Lipinski definition) is 6. The number of rotatable bonds is 14. The number of thiocarbonyl (C=S) groups is 1. The van der Waals surface area contributed by atoms with Crippen LogP contribution in [0.15, 0.2) is 182 Å². The van der Waals surface area contributed by atoms with Crippen LogP contribution >= 0.6 is 12.2 Å². The van der Waals surface area contributed by atoms with Gasteiger partial charge in [0.05, 0.1) is 5.56 Å². The smallest absolute Gasteiger partial charge is 0.175 e. The first kappa shape index (κ1) is 35.6. The molecule has 272 valence electrons. The predicted octanol–water partition coefficient (Wildman–Crippen LogP) is 11.4.